The topological polar surface area (TPSA) is 82.2 Å². The van der Waals surface area contributed by atoms with Crippen LogP contribution in [0.2, 0.25) is 0 Å². The number of amides is 3. The number of nitrogens with one attached hydrogen (secondary N) is 1. The third-order valence-electron chi connectivity index (χ3n) is 4.82. The molecule has 3 aliphatic rings. The lowest BCUT2D eigenvalue weighted by Gasteiger charge is -2.32. The summed E-state index contributed by atoms with van der Waals surface area (Å²) >= 11 is 1.72. The van der Waals surface area contributed by atoms with Crippen molar-refractivity contribution in [2.75, 3.05) is 44.4 Å². The molecule has 0 bridgehead atoms. The van der Waals surface area contributed by atoms with E-state index in [1.807, 2.05) is 20.8 Å². The van der Waals surface area contributed by atoms with Gasteiger partial charge in [-0.1, -0.05) is 0 Å². The van der Waals surface area contributed by atoms with Crippen molar-refractivity contribution in [3.05, 3.63) is 0 Å². The van der Waals surface area contributed by atoms with Crippen molar-refractivity contribution in [1.82, 2.24) is 20.0 Å². The van der Waals surface area contributed by atoms with Crippen LogP contribution in [0, 0.1) is 0 Å². The molecule has 8 nitrogen and oxygen atoms in total. The Hall–Kier alpha value is -1.48. The van der Waals surface area contributed by atoms with E-state index in [4.69, 9.17) is 4.74 Å². The van der Waals surface area contributed by atoms with Crippen LogP contribution in [-0.2, 0) is 14.3 Å². The van der Waals surface area contributed by atoms with Gasteiger partial charge in [-0.3, -0.25) is 14.5 Å². The third-order valence-corrected chi connectivity index (χ3v) is 5.79. The van der Waals surface area contributed by atoms with Gasteiger partial charge >= 0.3 is 6.09 Å². The number of carbonyl (C=O) groups is 3. The highest BCUT2D eigenvalue weighted by Gasteiger charge is 2.46. The lowest BCUT2D eigenvalue weighted by atomic mass is 10.1. The van der Waals surface area contributed by atoms with Crippen LogP contribution in [0.15, 0.2) is 0 Å². The molecule has 3 fully saturated rings. The number of likely N-dealkylation sites (tertiary alicyclic amines) is 1. The first-order valence-electron chi connectivity index (χ1n) is 9.12. The van der Waals surface area contributed by atoms with Gasteiger partial charge < -0.3 is 19.9 Å². The summed E-state index contributed by atoms with van der Waals surface area (Å²) in [5, 5.41) is 3.06. The Morgan fingerprint density at radius 3 is 2.65 bits per heavy atom. The highest BCUT2D eigenvalue weighted by Crippen LogP contribution is 2.28. The highest BCUT2D eigenvalue weighted by atomic mass is 32.2. The third kappa shape index (κ3) is 4.25. The summed E-state index contributed by atoms with van der Waals surface area (Å²) in [6.45, 7) is 8.13. The summed E-state index contributed by atoms with van der Waals surface area (Å²) in [6.07, 6.45) is -0.00174. The lowest BCUT2D eigenvalue weighted by molar-refractivity contribution is -0.135. The molecular weight excluding hydrogens is 356 g/mol. The number of hydrogen-bond acceptors (Lipinski definition) is 6. The van der Waals surface area contributed by atoms with Crippen molar-refractivity contribution in [2.45, 2.75) is 44.9 Å². The number of nitrogens with zero attached hydrogens (tertiary/aromatic N) is 3. The Bertz CT molecular complexity index is 574. The maximum atomic E-state index is 13.0. The first-order chi connectivity index (χ1) is 12.3. The van der Waals surface area contributed by atoms with E-state index < -0.39 is 17.7 Å². The van der Waals surface area contributed by atoms with E-state index in [0.29, 0.717) is 38.5 Å². The van der Waals surface area contributed by atoms with Crippen molar-refractivity contribution in [2.24, 2.45) is 0 Å². The van der Waals surface area contributed by atoms with Gasteiger partial charge in [0.15, 0.2) is 0 Å². The van der Waals surface area contributed by atoms with Crippen molar-refractivity contribution < 1.29 is 19.1 Å². The minimum atomic E-state index is -0.628. The Labute approximate surface area is 158 Å². The summed E-state index contributed by atoms with van der Waals surface area (Å²) < 4.78 is 5.52. The molecule has 0 aromatic carbocycles. The van der Waals surface area contributed by atoms with E-state index in [2.05, 4.69) is 5.32 Å². The summed E-state index contributed by atoms with van der Waals surface area (Å²) in [5.41, 5.74) is -0.628. The maximum Gasteiger partial charge on any atom is 0.411 e. The molecule has 146 valence electrons. The van der Waals surface area contributed by atoms with Gasteiger partial charge in [0.1, 0.15) is 11.6 Å². The SMILES string of the molecule is CC(C)(C)OC(=O)N1C[C@@H](N2CCNCC2=O)C[C@H]1C(=O)N1CCSC1. The number of piperazine rings is 1. The monoisotopic (exact) mass is 384 g/mol. The van der Waals surface area contributed by atoms with Crippen LogP contribution in [0.1, 0.15) is 27.2 Å². The van der Waals surface area contributed by atoms with Gasteiger partial charge in [0.05, 0.1) is 18.5 Å². The molecule has 0 aromatic rings. The number of hydrogen-bond donors (Lipinski definition) is 1. The van der Waals surface area contributed by atoms with Crippen molar-refractivity contribution in [3.63, 3.8) is 0 Å². The first-order valence-corrected chi connectivity index (χ1v) is 10.3. The van der Waals surface area contributed by atoms with Crippen LogP contribution in [0.4, 0.5) is 4.79 Å². The van der Waals surface area contributed by atoms with Crippen molar-refractivity contribution in [1.29, 1.82) is 0 Å². The zero-order valence-corrected chi connectivity index (χ0v) is 16.5. The Morgan fingerprint density at radius 2 is 2.04 bits per heavy atom. The molecule has 3 aliphatic heterocycles. The van der Waals surface area contributed by atoms with Gasteiger partial charge in [-0.15, -0.1) is 11.8 Å². The molecule has 0 saturated carbocycles. The predicted molar refractivity (Wildman–Crippen MR) is 98.8 cm³/mol. The van der Waals surface area contributed by atoms with Gasteiger partial charge in [0.25, 0.3) is 0 Å². The fraction of sp³-hybridized carbons (Fsp3) is 0.824. The molecule has 9 heteroatoms. The van der Waals surface area contributed by atoms with Crippen LogP contribution < -0.4 is 5.32 Å². The molecule has 26 heavy (non-hydrogen) atoms. The first kappa shape index (κ1) is 19.3. The molecule has 0 unspecified atom stereocenters. The molecule has 0 spiro atoms. The average molecular weight is 385 g/mol. The van der Waals surface area contributed by atoms with Gasteiger partial charge in [-0.25, -0.2) is 4.79 Å². The van der Waals surface area contributed by atoms with Crippen molar-refractivity contribution >= 4 is 29.7 Å². The van der Waals surface area contributed by atoms with E-state index in [9.17, 15) is 14.4 Å². The second kappa shape index (κ2) is 7.64. The minimum Gasteiger partial charge on any atom is -0.444 e. The quantitative estimate of drug-likeness (QED) is 0.739. The molecule has 0 radical (unpaired) electrons. The lowest BCUT2D eigenvalue weighted by Crippen LogP contribution is -2.53. The van der Waals surface area contributed by atoms with Gasteiger partial charge in [-0.2, -0.15) is 0 Å². The van der Waals surface area contributed by atoms with Gasteiger partial charge in [-0.05, 0) is 27.2 Å². The van der Waals surface area contributed by atoms with E-state index in [-0.39, 0.29) is 17.9 Å². The molecule has 1 N–H and O–H groups in total. The largest absolute Gasteiger partial charge is 0.444 e. The Balaban J connectivity index is 1.77. The predicted octanol–water partition coefficient (Wildman–Crippen LogP) is 0.329. The fourth-order valence-electron chi connectivity index (χ4n) is 3.60. The van der Waals surface area contributed by atoms with Crippen molar-refractivity contribution in [3.8, 4) is 0 Å². The van der Waals surface area contributed by atoms with Crippen LogP contribution in [0.5, 0.6) is 0 Å². The average Bonchev–Trinajstić information content (AvgIpc) is 3.23. The van der Waals surface area contributed by atoms with Crippen LogP contribution in [-0.4, -0.2) is 94.6 Å². The second-order valence-corrected chi connectivity index (χ2v) is 9.02. The van der Waals surface area contributed by atoms with Gasteiger partial charge in [0.2, 0.25) is 11.8 Å². The highest BCUT2D eigenvalue weighted by molar-refractivity contribution is 7.99. The Morgan fingerprint density at radius 1 is 1.27 bits per heavy atom. The molecular formula is C17H28N4O4S. The van der Waals surface area contributed by atoms with Crippen LogP contribution in [0.3, 0.4) is 0 Å². The zero-order valence-electron chi connectivity index (χ0n) is 15.7. The summed E-state index contributed by atoms with van der Waals surface area (Å²) in [6, 6.07) is -0.697. The molecule has 3 saturated heterocycles. The zero-order chi connectivity index (χ0) is 18.9. The number of carbonyl (C=O) groups excluding carboxylic acids is 3. The second-order valence-electron chi connectivity index (χ2n) is 7.94. The fourth-order valence-corrected chi connectivity index (χ4v) is 4.56. The molecule has 3 amide bonds. The number of rotatable bonds is 2. The smallest absolute Gasteiger partial charge is 0.411 e. The molecule has 3 heterocycles. The van der Waals surface area contributed by atoms with E-state index in [0.717, 1.165) is 12.3 Å². The minimum absolute atomic E-state index is 0.0233. The van der Waals surface area contributed by atoms with E-state index >= 15 is 0 Å². The van der Waals surface area contributed by atoms with Crippen LogP contribution in [0.25, 0.3) is 0 Å². The standard InChI is InChI=1S/C17H28N4O4S/c1-17(2,3)25-16(24)21-10-12(20-5-4-18-9-14(20)22)8-13(21)15(23)19-6-7-26-11-19/h12-13,18H,4-11H2,1-3H3/t12-,13-/m0/s1. The van der Waals surface area contributed by atoms with Gasteiger partial charge in [0, 0.05) is 31.9 Å². The normalized spacial score (nSPS) is 27.2. The Kier molecular flexibility index (Phi) is 5.67. The van der Waals surface area contributed by atoms with Crippen LogP contribution >= 0.6 is 11.8 Å². The summed E-state index contributed by atoms with van der Waals surface area (Å²) in [4.78, 5) is 43.1. The summed E-state index contributed by atoms with van der Waals surface area (Å²) in [5.74, 6) is 1.57. The molecule has 2 atom stereocenters. The molecule has 0 aromatic heterocycles. The molecule has 0 aliphatic carbocycles. The molecule has 3 rings (SSSR count). The maximum absolute atomic E-state index is 13.0. The number of ether oxygens (including phenoxy) is 1. The van der Waals surface area contributed by atoms with E-state index in [1.165, 1.54) is 4.90 Å². The van der Waals surface area contributed by atoms with E-state index in [1.54, 1.807) is 21.6 Å². The summed E-state index contributed by atoms with van der Waals surface area (Å²) in [7, 11) is 0. The number of thioether (sulfide) groups is 1.